The van der Waals surface area contributed by atoms with E-state index in [1.165, 1.54) is 0 Å². The van der Waals surface area contributed by atoms with Gasteiger partial charge in [-0.2, -0.15) is 0 Å². The highest BCUT2D eigenvalue weighted by atomic mass is 16.6. The van der Waals surface area contributed by atoms with Crippen LogP contribution in [-0.4, -0.2) is 36.7 Å². The van der Waals surface area contributed by atoms with Crippen molar-refractivity contribution in [1.82, 2.24) is 0 Å². The van der Waals surface area contributed by atoms with Gasteiger partial charge < -0.3 is 14.4 Å². The van der Waals surface area contributed by atoms with Crippen LogP contribution in [0.1, 0.15) is 13.3 Å². The van der Waals surface area contributed by atoms with E-state index in [4.69, 9.17) is 9.47 Å². The highest BCUT2D eigenvalue weighted by molar-refractivity contribution is 6.08. The number of carbonyl (C=O) groups is 2. The Hall–Kier alpha value is -2.66. The Morgan fingerprint density at radius 3 is 2.93 bits per heavy atom. The molecule has 0 radical (unpaired) electrons. The van der Waals surface area contributed by atoms with Gasteiger partial charge in [0.1, 0.15) is 11.5 Å². The molecule has 4 atom stereocenters. The van der Waals surface area contributed by atoms with Crippen LogP contribution < -0.4 is 4.90 Å². The van der Waals surface area contributed by atoms with Crippen molar-refractivity contribution in [2.24, 2.45) is 11.8 Å². The molecule has 5 rings (SSSR count). The molecule has 0 aliphatic carbocycles. The summed E-state index contributed by atoms with van der Waals surface area (Å²) >= 11 is 0. The molecule has 5 nitrogen and oxygen atoms in total. The standard InChI is InChI=1S/C22H21NO4/c1-2-12-26-21(25)18-17-10-11-22(27-17)13-23(20(24)19(18)22)16-9-5-7-14-6-3-4-8-15(14)16/h3-11,17-19H,2,12-13H2,1H3/t17-,18-,19-,22-/m0/s1. The number of rotatable bonds is 4. The monoisotopic (exact) mass is 363 g/mol. The molecular formula is C22H21NO4. The van der Waals surface area contributed by atoms with E-state index in [1.807, 2.05) is 61.5 Å². The van der Waals surface area contributed by atoms with Crippen LogP contribution >= 0.6 is 0 Å². The van der Waals surface area contributed by atoms with Crippen LogP contribution in [0.25, 0.3) is 10.8 Å². The van der Waals surface area contributed by atoms with Gasteiger partial charge in [-0.3, -0.25) is 9.59 Å². The van der Waals surface area contributed by atoms with Crippen molar-refractivity contribution in [2.45, 2.75) is 25.0 Å². The second-order valence-corrected chi connectivity index (χ2v) is 7.49. The summed E-state index contributed by atoms with van der Waals surface area (Å²) in [7, 11) is 0. The lowest BCUT2D eigenvalue weighted by Gasteiger charge is -2.22. The van der Waals surface area contributed by atoms with Gasteiger partial charge in [-0.25, -0.2) is 0 Å². The fraction of sp³-hybridized carbons (Fsp3) is 0.364. The van der Waals surface area contributed by atoms with E-state index in [0.29, 0.717) is 13.2 Å². The van der Waals surface area contributed by atoms with Gasteiger partial charge in [-0.1, -0.05) is 55.5 Å². The first-order chi connectivity index (χ1) is 13.1. The maximum absolute atomic E-state index is 13.4. The summed E-state index contributed by atoms with van der Waals surface area (Å²) in [6, 6.07) is 14.0. The maximum Gasteiger partial charge on any atom is 0.312 e. The number of carbonyl (C=O) groups excluding carboxylic acids is 2. The topological polar surface area (TPSA) is 55.8 Å². The first-order valence-corrected chi connectivity index (χ1v) is 9.47. The molecule has 138 valence electrons. The van der Waals surface area contributed by atoms with Crippen LogP contribution in [0.5, 0.6) is 0 Å². The maximum atomic E-state index is 13.4. The number of anilines is 1. The van der Waals surface area contributed by atoms with E-state index >= 15 is 0 Å². The fourth-order valence-electron chi connectivity index (χ4n) is 4.71. The molecule has 2 aromatic rings. The predicted molar refractivity (Wildman–Crippen MR) is 101 cm³/mol. The molecule has 27 heavy (non-hydrogen) atoms. The number of hydrogen-bond donors (Lipinski definition) is 0. The van der Waals surface area contributed by atoms with Gasteiger partial charge in [-0.15, -0.1) is 0 Å². The van der Waals surface area contributed by atoms with Crippen LogP contribution in [-0.2, 0) is 19.1 Å². The van der Waals surface area contributed by atoms with Gasteiger partial charge in [-0.05, 0) is 17.9 Å². The van der Waals surface area contributed by atoms with Crippen molar-refractivity contribution in [2.75, 3.05) is 18.1 Å². The minimum absolute atomic E-state index is 0.0587. The largest absolute Gasteiger partial charge is 0.465 e. The van der Waals surface area contributed by atoms with Crippen molar-refractivity contribution in [1.29, 1.82) is 0 Å². The average molecular weight is 363 g/mol. The summed E-state index contributed by atoms with van der Waals surface area (Å²) in [6.07, 6.45) is 4.27. The van der Waals surface area contributed by atoms with Crippen molar-refractivity contribution in [3.05, 3.63) is 54.6 Å². The number of fused-ring (bicyclic) bond motifs is 2. The molecule has 1 spiro atoms. The number of benzene rings is 2. The minimum atomic E-state index is -0.728. The molecule has 0 aromatic heterocycles. The third-order valence-corrected chi connectivity index (χ3v) is 5.88. The van der Waals surface area contributed by atoms with Crippen molar-refractivity contribution < 1.29 is 19.1 Å². The summed E-state index contributed by atoms with van der Waals surface area (Å²) in [5.41, 5.74) is 0.136. The Labute approximate surface area is 157 Å². The summed E-state index contributed by atoms with van der Waals surface area (Å²) in [5, 5.41) is 2.10. The molecule has 2 fully saturated rings. The quantitative estimate of drug-likeness (QED) is 0.619. The smallest absolute Gasteiger partial charge is 0.312 e. The first kappa shape index (κ1) is 16.5. The van der Waals surface area contributed by atoms with E-state index in [0.717, 1.165) is 22.9 Å². The van der Waals surface area contributed by atoms with Crippen molar-refractivity contribution >= 4 is 28.3 Å². The minimum Gasteiger partial charge on any atom is -0.465 e. The number of esters is 1. The average Bonchev–Trinajstić information content (AvgIpc) is 3.34. The second kappa shape index (κ2) is 5.92. The highest BCUT2D eigenvalue weighted by Gasteiger charge is 2.67. The van der Waals surface area contributed by atoms with E-state index < -0.39 is 17.4 Å². The molecule has 0 unspecified atom stereocenters. The molecule has 0 N–H and O–H groups in total. The van der Waals surface area contributed by atoms with Crippen LogP contribution in [0.15, 0.2) is 54.6 Å². The normalized spacial score (nSPS) is 30.9. The fourth-order valence-corrected chi connectivity index (χ4v) is 4.71. The Morgan fingerprint density at radius 1 is 1.26 bits per heavy atom. The number of hydrogen-bond acceptors (Lipinski definition) is 4. The van der Waals surface area contributed by atoms with Gasteiger partial charge >= 0.3 is 5.97 Å². The number of amides is 1. The Morgan fingerprint density at radius 2 is 2.07 bits per heavy atom. The highest BCUT2D eigenvalue weighted by Crippen LogP contribution is 2.53. The van der Waals surface area contributed by atoms with E-state index in [1.54, 1.807) is 4.90 Å². The molecule has 5 heteroatoms. The van der Waals surface area contributed by atoms with Crippen molar-refractivity contribution in [3.63, 3.8) is 0 Å². The van der Waals surface area contributed by atoms with Gasteiger partial charge in [0, 0.05) is 5.39 Å². The lowest BCUT2D eigenvalue weighted by molar-refractivity contribution is -0.152. The zero-order chi connectivity index (χ0) is 18.6. The summed E-state index contributed by atoms with van der Waals surface area (Å²) in [5.74, 6) is -1.47. The molecule has 0 saturated carbocycles. The van der Waals surface area contributed by atoms with Crippen molar-refractivity contribution in [3.8, 4) is 0 Å². The van der Waals surface area contributed by atoms with E-state index in [-0.39, 0.29) is 18.0 Å². The second-order valence-electron chi connectivity index (χ2n) is 7.49. The molecule has 1 amide bonds. The van der Waals surface area contributed by atoms with E-state index in [9.17, 15) is 9.59 Å². The Kier molecular flexibility index (Phi) is 3.62. The molecule has 3 aliphatic heterocycles. The summed E-state index contributed by atoms with van der Waals surface area (Å²) < 4.78 is 11.5. The first-order valence-electron chi connectivity index (χ1n) is 9.47. The SMILES string of the molecule is CCCOC(=O)[C@H]1[C@@H]2C=C[C@@]3(CN(c4cccc5ccccc45)C(=O)[C@H]13)O2. The van der Waals surface area contributed by atoms with Gasteiger partial charge in [0.25, 0.3) is 0 Å². The molecule has 3 aliphatic rings. The number of nitrogens with zero attached hydrogens (tertiary/aromatic N) is 1. The summed E-state index contributed by atoms with van der Waals surface area (Å²) in [4.78, 5) is 27.8. The zero-order valence-electron chi connectivity index (χ0n) is 15.1. The van der Waals surface area contributed by atoms with Gasteiger partial charge in [0.05, 0.1) is 30.9 Å². The van der Waals surface area contributed by atoms with Crippen LogP contribution in [0.2, 0.25) is 0 Å². The van der Waals surface area contributed by atoms with Crippen LogP contribution in [0.4, 0.5) is 5.69 Å². The van der Waals surface area contributed by atoms with Crippen LogP contribution in [0.3, 0.4) is 0 Å². The Bertz CT molecular complexity index is 962. The van der Waals surface area contributed by atoms with Crippen LogP contribution in [0, 0.1) is 11.8 Å². The van der Waals surface area contributed by atoms with Gasteiger partial charge in [0.15, 0.2) is 0 Å². The molecule has 2 aromatic carbocycles. The molecular weight excluding hydrogens is 342 g/mol. The Balaban J connectivity index is 1.53. The third-order valence-electron chi connectivity index (χ3n) is 5.88. The zero-order valence-corrected chi connectivity index (χ0v) is 15.1. The molecule has 3 heterocycles. The third kappa shape index (κ3) is 2.28. The lowest BCUT2D eigenvalue weighted by Crippen LogP contribution is -2.40. The molecule has 2 saturated heterocycles. The predicted octanol–water partition coefficient (Wildman–Crippen LogP) is 3.08. The van der Waals surface area contributed by atoms with E-state index in [2.05, 4.69) is 0 Å². The summed E-state index contributed by atoms with van der Waals surface area (Å²) in [6.45, 7) is 2.75. The van der Waals surface area contributed by atoms with Gasteiger partial charge in [0.2, 0.25) is 5.91 Å². The molecule has 2 bridgehead atoms. The number of ether oxygens (including phenoxy) is 2. The lowest BCUT2D eigenvalue weighted by atomic mass is 9.77.